The highest BCUT2D eigenvalue weighted by Gasteiger charge is 2.48. The van der Waals surface area contributed by atoms with E-state index in [9.17, 15) is 10.1 Å². The maximum atomic E-state index is 15.4. The van der Waals surface area contributed by atoms with Crippen LogP contribution in [0.2, 0.25) is 0 Å². The second-order valence-corrected chi connectivity index (χ2v) is 10.2. The third-order valence-electron chi connectivity index (χ3n) is 7.25. The summed E-state index contributed by atoms with van der Waals surface area (Å²) in [5, 5.41) is 9.84. The molecule has 1 spiro atoms. The van der Waals surface area contributed by atoms with Gasteiger partial charge in [0.15, 0.2) is 17.1 Å². The van der Waals surface area contributed by atoms with Crippen molar-refractivity contribution in [3.63, 3.8) is 0 Å². The molecular formula is C30H27ClFN3O4. The Kier molecular flexibility index (Phi) is 7.06. The predicted molar refractivity (Wildman–Crippen MR) is 146 cm³/mol. The standard InChI is InChI=1S/C30H26FN3O4.ClH/c1-34(2)29(35)19-5-3-18(4-6-19)26-15-25-28(38-26)23(7-11-33-25)20-13-21(17-32)27(24(31)14-20)37-22-8-12-36-30(16-22)9-10-30;/h3-7,11,13-15,22H,8-10,12,16H2,1-2H3;1H. The fourth-order valence-corrected chi connectivity index (χ4v) is 5.03. The molecule has 0 N–H and O–H groups in total. The third kappa shape index (κ3) is 5.08. The number of benzene rings is 2. The minimum absolute atomic E-state index is 0. The van der Waals surface area contributed by atoms with Gasteiger partial charge in [0.05, 0.1) is 17.8 Å². The summed E-state index contributed by atoms with van der Waals surface area (Å²) in [5.41, 5.74) is 3.56. The highest BCUT2D eigenvalue weighted by atomic mass is 35.5. The fraction of sp³-hybridized carbons (Fsp3) is 0.300. The summed E-state index contributed by atoms with van der Waals surface area (Å²) in [4.78, 5) is 18.1. The summed E-state index contributed by atoms with van der Waals surface area (Å²) in [6.07, 6.45) is 4.82. The second-order valence-electron chi connectivity index (χ2n) is 10.2. The van der Waals surface area contributed by atoms with E-state index < -0.39 is 5.82 Å². The molecule has 1 saturated heterocycles. The average molecular weight is 548 g/mol. The van der Waals surface area contributed by atoms with Gasteiger partial charge in [-0.3, -0.25) is 9.78 Å². The molecule has 1 aliphatic carbocycles. The van der Waals surface area contributed by atoms with Crippen LogP contribution in [0.3, 0.4) is 0 Å². The van der Waals surface area contributed by atoms with Crippen LogP contribution in [-0.2, 0) is 4.74 Å². The number of rotatable bonds is 5. The van der Waals surface area contributed by atoms with Crippen molar-refractivity contribution in [2.24, 2.45) is 0 Å². The quantitative estimate of drug-likeness (QED) is 0.288. The molecule has 0 bridgehead atoms. The van der Waals surface area contributed by atoms with Gasteiger partial charge in [0.1, 0.15) is 23.5 Å². The molecule has 1 atom stereocenters. The molecule has 1 amide bonds. The lowest BCUT2D eigenvalue weighted by molar-refractivity contribution is -0.0521. The summed E-state index contributed by atoms with van der Waals surface area (Å²) < 4.78 is 33.4. The molecule has 2 fully saturated rings. The first-order chi connectivity index (χ1) is 18.4. The summed E-state index contributed by atoms with van der Waals surface area (Å²) in [6.45, 7) is 0.580. The number of carbonyl (C=O) groups is 1. The minimum Gasteiger partial charge on any atom is -0.486 e. The fourth-order valence-electron chi connectivity index (χ4n) is 5.03. The largest absolute Gasteiger partial charge is 0.486 e. The Morgan fingerprint density at radius 3 is 2.62 bits per heavy atom. The van der Waals surface area contributed by atoms with Crippen molar-refractivity contribution in [2.75, 3.05) is 20.7 Å². The lowest BCUT2D eigenvalue weighted by Crippen LogP contribution is -2.34. The molecule has 2 aromatic heterocycles. The summed E-state index contributed by atoms with van der Waals surface area (Å²) in [7, 11) is 3.41. The van der Waals surface area contributed by atoms with Crippen molar-refractivity contribution in [3.05, 3.63) is 71.7 Å². The smallest absolute Gasteiger partial charge is 0.253 e. The lowest BCUT2D eigenvalue weighted by Gasteiger charge is -2.30. The van der Waals surface area contributed by atoms with Crippen molar-refractivity contribution in [1.82, 2.24) is 9.88 Å². The molecule has 4 aromatic rings. The number of hydrogen-bond acceptors (Lipinski definition) is 6. The van der Waals surface area contributed by atoms with E-state index in [2.05, 4.69) is 11.1 Å². The van der Waals surface area contributed by atoms with Crippen LogP contribution < -0.4 is 4.74 Å². The second kappa shape index (κ2) is 10.3. The van der Waals surface area contributed by atoms with Gasteiger partial charge in [-0.2, -0.15) is 5.26 Å². The Bertz CT molecular complexity index is 1590. The number of pyridine rings is 1. The zero-order chi connectivity index (χ0) is 26.4. The molecule has 0 radical (unpaired) electrons. The molecule has 6 rings (SSSR count). The first-order valence-electron chi connectivity index (χ1n) is 12.6. The van der Waals surface area contributed by atoms with Gasteiger partial charge in [0, 0.05) is 55.9 Å². The first kappa shape index (κ1) is 26.7. The maximum absolute atomic E-state index is 15.4. The van der Waals surface area contributed by atoms with Gasteiger partial charge in [0.2, 0.25) is 0 Å². The van der Waals surface area contributed by atoms with Crippen LogP contribution in [0.15, 0.2) is 59.1 Å². The molecule has 200 valence electrons. The number of nitrogens with zero attached hydrogens (tertiary/aromatic N) is 3. The van der Waals surface area contributed by atoms with Crippen LogP contribution in [0.4, 0.5) is 4.39 Å². The van der Waals surface area contributed by atoms with Gasteiger partial charge in [-0.15, -0.1) is 12.4 Å². The number of nitriles is 1. The number of aromatic nitrogens is 1. The van der Waals surface area contributed by atoms with Gasteiger partial charge in [-0.25, -0.2) is 4.39 Å². The van der Waals surface area contributed by atoms with Gasteiger partial charge in [-0.1, -0.05) is 12.1 Å². The Hall–Kier alpha value is -3.93. The number of furan rings is 1. The Balaban J connectivity index is 0.00000308. The van der Waals surface area contributed by atoms with Crippen LogP contribution in [-0.4, -0.2) is 48.2 Å². The van der Waals surface area contributed by atoms with E-state index in [0.29, 0.717) is 53.0 Å². The van der Waals surface area contributed by atoms with Crippen LogP contribution in [0.25, 0.3) is 33.6 Å². The predicted octanol–water partition coefficient (Wildman–Crippen LogP) is 6.39. The zero-order valence-corrected chi connectivity index (χ0v) is 22.4. The first-order valence-corrected chi connectivity index (χ1v) is 12.6. The maximum Gasteiger partial charge on any atom is 0.253 e. The van der Waals surface area contributed by atoms with Crippen LogP contribution >= 0.6 is 12.4 Å². The SMILES string of the molecule is CN(C)C(=O)c1ccc(-c2cc3nccc(-c4cc(F)c(OC5CCOC6(CC6)C5)c(C#N)c4)c3o2)cc1.Cl. The molecule has 3 heterocycles. The highest BCUT2D eigenvalue weighted by Crippen LogP contribution is 2.47. The molecule has 9 heteroatoms. The molecule has 2 aromatic carbocycles. The van der Waals surface area contributed by atoms with E-state index in [0.717, 1.165) is 18.4 Å². The number of halogens is 2. The van der Waals surface area contributed by atoms with E-state index >= 15 is 4.39 Å². The zero-order valence-electron chi connectivity index (χ0n) is 21.6. The minimum atomic E-state index is -0.590. The number of carbonyl (C=O) groups excluding carboxylic acids is 1. The number of ether oxygens (including phenoxy) is 2. The van der Waals surface area contributed by atoms with Gasteiger partial charge in [-0.05, 0) is 48.7 Å². The normalized spacial score (nSPS) is 17.3. The van der Waals surface area contributed by atoms with E-state index in [-0.39, 0.29) is 41.3 Å². The topological polar surface area (TPSA) is 88.6 Å². The summed E-state index contributed by atoms with van der Waals surface area (Å²) in [5.74, 6) is -0.125. The van der Waals surface area contributed by atoms with E-state index in [1.54, 1.807) is 50.6 Å². The molecular weight excluding hydrogens is 521 g/mol. The summed E-state index contributed by atoms with van der Waals surface area (Å²) >= 11 is 0. The number of amides is 1. The Morgan fingerprint density at radius 2 is 1.92 bits per heavy atom. The van der Waals surface area contributed by atoms with E-state index in [1.165, 1.54) is 11.0 Å². The van der Waals surface area contributed by atoms with Gasteiger partial charge >= 0.3 is 0 Å². The summed E-state index contributed by atoms with van der Waals surface area (Å²) in [6, 6.07) is 15.8. The molecule has 2 aliphatic rings. The van der Waals surface area contributed by atoms with Crippen molar-refractivity contribution in [3.8, 4) is 34.3 Å². The van der Waals surface area contributed by atoms with Crippen LogP contribution in [0, 0.1) is 17.1 Å². The van der Waals surface area contributed by atoms with Crippen molar-refractivity contribution >= 4 is 29.4 Å². The van der Waals surface area contributed by atoms with Gasteiger partial charge in [0.25, 0.3) is 5.91 Å². The highest BCUT2D eigenvalue weighted by molar-refractivity contribution is 5.95. The molecule has 1 unspecified atom stereocenters. The molecule has 7 nitrogen and oxygen atoms in total. The Labute approximate surface area is 231 Å². The molecule has 39 heavy (non-hydrogen) atoms. The number of hydrogen-bond donors (Lipinski definition) is 0. The van der Waals surface area contributed by atoms with Gasteiger partial charge < -0.3 is 18.8 Å². The van der Waals surface area contributed by atoms with E-state index in [1.807, 2.05) is 12.1 Å². The van der Waals surface area contributed by atoms with Crippen LogP contribution in [0.5, 0.6) is 5.75 Å². The monoisotopic (exact) mass is 547 g/mol. The lowest BCUT2D eigenvalue weighted by atomic mass is 10.0. The Morgan fingerprint density at radius 1 is 1.15 bits per heavy atom. The van der Waals surface area contributed by atoms with Crippen LogP contribution in [0.1, 0.15) is 41.6 Å². The molecule has 1 saturated carbocycles. The van der Waals surface area contributed by atoms with Crippen molar-refractivity contribution in [2.45, 2.75) is 37.4 Å². The average Bonchev–Trinajstić information content (AvgIpc) is 3.51. The third-order valence-corrected chi connectivity index (χ3v) is 7.25. The van der Waals surface area contributed by atoms with E-state index in [4.69, 9.17) is 13.9 Å². The molecule has 1 aliphatic heterocycles. The number of fused-ring (bicyclic) bond motifs is 1. The van der Waals surface area contributed by atoms with Crippen molar-refractivity contribution < 1.29 is 23.1 Å². The van der Waals surface area contributed by atoms with Crippen molar-refractivity contribution in [1.29, 1.82) is 5.26 Å².